The summed E-state index contributed by atoms with van der Waals surface area (Å²) in [5.74, 6) is -2.39. The van der Waals surface area contributed by atoms with Gasteiger partial charge in [-0.1, -0.05) is 30.7 Å². The highest BCUT2D eigenvalue weighted by Gasteiger charge is 2.59. The van der Waals surface area contributed by atoms with Gasteiger partial charge < -0.3 is 24.6 Å². The topological polar surface area (TPSA) is 96.3 Å². The highest BCUT2D eigenvalue weighted by molar-refractivity contribution is 6.31. The zero-order chi connectivity index (χ0) is 27.1. The fraction of sp³-hybridized carbons (Fsp3) is 0.231. The summed E-state index contributed by atoms with van der Waals surface area (Å²) in [6.45, 7) is 0.960. The predicted molar refractivity (Wildman–Crippen MR) is 129 cm³/mol. The second-order valence-corrected chi connectivity index (χ2v) is 8.93. The van der Waals surface area contributed by atoms with Crippen LogP contribution in [0.4, 0.5) is 18.9 Å². The summed E-state index contributed by atoms with van der Waals surface area (Å²) in [5, 5.41) is 20.1. The first kappa shape index (κ1) is 26.3. The summed E-state index contributed by atoms with van der Waals surface area (Å²) in [7, 11) is 1.41. The van der Waals surface area contributed by atoms with Crippen molar-refractivity contribution in [1.29, 1.82) is 0 Å². The summed E-state index contributed by atoms with van der Waals surface area (Å²) < 4.78 is 54.3. The number of alkyl halides is 3. The number of carbonyl (C=O) groups excluding carboxylic acids is 1. The molecule has 2 atom stereocenters. The number of carbonyl (C=O) groups is 2. The average Bonchev–Trinajstić information content (AvgIpc) is 2.85. The number of carboxylic acid groups (broad SMARTS) is 1. The van der Waals surface area contributed by atoms with Gasteiger partial charge in [-0.15, -0.1) is 0 Å². The van der Waals surface area contributed by atoms with E-state index in [2.05, 4.69) is 0 Å². The number of nitrogens with zero attached hydrogens (tertiary/aromatic N) is 1. The molecule has 1 aliphatic rings. The highest BCUT2D eigenvalue weighted by Crippen LogP contribution is 2.51. The lowest BCUT2D eigenvalue weighted by molar-refractivity contribution is -0.274. The Labute approximate surface area is 214 Å². The molecule has 1 heterocycles. The number of halogens is 4. The number of aromatic carboxylic acids is 1. The van der Waals surface area contributed by atoms with E-state index in [1.165, 1.54) is 67.4 Å². The molecule has 0 aromatic heterocycles. The average molecular weight is 536 g/mol. The van der Waals surface area contributed by atoms with E-state index in [0.29, 0.717) is 5.75 Å². The summed E-state index contributed by atoms with van der Waals surface area (Å²) in [5.41, 5.74) is -3.67. The predicted octanol–water partition coefficient (Wildman–Crippen LogP) is 5.74. The maximum absolute atomic E-state index is 14.4. The number of benzene rings is 3. The number of rotatable bonds is 6. The molecular weight excluding hydrogens is 515 g/mol. The van der Waals surface area contributed by atoms with Crippen LogP contribution in [0.1, 0.15) is 34.3 Å². The Balaban J connectivity index is 1.68. The van der Waals surface area contributed by atoms with Gasteiger partial charge in [0.15, 0.2) is 12.2 Å². The van der Waals surface area contributed by atoms with Crippen LogP contribution in [0, 0.1) is 0 Å². The first-order valence-electron chi connectivity index (χ1n) is 11.0. The molecule has 37 heavy (non-hydrogen) atoms. The molecule has 7 nitrogen and oxygen atoms in total. The van der Waals surface area contributed by atoms with E-state index in [4.69, 9.17) is 26.2 Å². The van der Waals surface area contributed by atoms with Crippen molar-refractivity contribution in [2.45, 2.75) is 24.6 Å². The van der Waals surface area contributed by atoms with Gasteiger partial charge in [0.2, 0.25) is 0 Å². The third-order valence-electron chi connectivity index (χ3n) is 6.32. The molecule has 4 rings (SSSR count). The van der Waals surface area contributed by atoms with Crippen molar-refractivity contribution in [3.63, 3.8) is 0 Å². The number of anilines is 1. The quantitative estimate of drug-likeness (QED) is 0.418. The van der Waals surface area contributed by atoms with Gasteiger partial charge in [0.05, 0.1) is 11.3 Å². The summed E-state index contributed by atoms with van der Waals surface area (Å²) >= 11 is 6.35. The van der Waals surface area contributed by atoms with Gasteiger partial charge in [-0.25, -0.2) is 4.79 Å². The number of amides is 1. The van der Waals surface area contributed by atoms with E-state index in [1.807, 2.05) is 0 Å². The van der Waals surface area contributed by atoms with E-state index in [0.717, 1.165) is 12.1 Å². The largest absolute Gasteiger partial charge is 0.482 e. The van der Waals surface area contributed by atoms with Crippen LogP contribution in [0.25, 0.3) is 0 Å². The minimum atomic E-state index is -5.11. The number of ether oxygens (including phenoxy) is 2. The van der Waals surface area contributed by atoms with Crippen LogP contribution < -0.4 is 14.4 Å². The number of carboxylic acids is 1. The van der Waals surface area contributed by atoms with Gasteiger partial charge in [0.25, 0.3) is 5.91 Å². The molecule has 194 valence electrons. The fourth-order valence-electron chi connectivity index (χ4n) is 4.12. The van der Waals surface area contributed by atoms with E-state index in [9.17, 15) is 27.9 Å². The van der Waals surface area contributed by atoms with Gasteiger partial charge in [-0.3, -0.25) is 4.79 Å². The monoisotopic (exact) mass is 535 g/mol. The van der Waals surface area contributed by atoms with Crippen LogP contribution in [0.15, 0.2) is 60.7 Å². The number of hydrogen-bond acceptors (Lipinski definition) is 5. The lowest BCUT2D eigenvalue weighted by Crippen LogP contribution is -2.47. The molecule has 0 saturated carbocycles. The molecule has 0 radical (unpaired) electrons. The summed E-state index contributed by atoms with van der Waals surface area (Å²) in [6, 6.07) is 13.0. The summed E-state index contributed by atoms with van der Waals surface area (Å²) in [6.07, 6.45) is -5.11. The lowest BCUT2D eigenvalue weighted by atomic mass is 9.77. The van der Waals surface area contributed by atoms with Crippen molar-refractivity contribution in [3.05, 3.63) is 82.4 Å². The number of fused-ring (bicyclic) bond motifs is 1. The molecular formula is C26H21ClF3NO6. The standard InChI is InChI=1S/C26H21ClF3NO6/c1-14(19-9-8-18(12-20(19)27)37-17-6-3-15(4-7-17)24(33)34)25(35,26(28,29)30)16-5-10-22-21(11-16)31(2)23(32)13-36-22/h3-12,14,35H,13H2,1-2H3,(H,33,34). The van der Waals surface area contributed by atoms with Gasteiger partial charge in [-0.2, -0.15) is 13.2 Å². The van der Waals surface area contributed by atoms with Crippen LogP contribution in [-0.2, 0) is 10.4 Å². The second kappa shape index (κ2) is 9.60. The highest BCUT2D eigenvalue weighted by atomic mass is 35.5. The molecule has 0 spiro atoms. The second-order valence-electron chi connectivity index (χ2n) is 8.52. The van der Waals surface area contributed by atoms with Gasteiger partial charge in [0.1, 0.15) is 17.2 Å². The maximum atomic E-state index is 14.4. The van der Waals surface area contributed by atoms with Crippen molar-refractivity contribution >= 4 is 29.2 Å². The van der Waals surface area contributed by atoms with Crippen LogP contribution in [0.3, 0.4) is 0 Å². The minimum Gasteiger partial charge on any atom is -0.482 e. The molecule has 0 fully saturated rings. The van der Waals surface area contributed by atoms with Gasteiger partial charge >= 0.3 is 12.1 Å². The lowest BCUT2D eigenvalue weighted by Gasteiger charge is -2.38. The molecule has 0 saturated heterocycles. The molecule has 2 N–H and O–H groups in total. The Kier molecular flexibility index (Phi) is 6.83. The first-order valence-corrected chi connectivity index (χ1v) is 11.3. The molecule has 0 aliphatic carbocycles. The number of aliphatic hydroxyl groups is 1. The molecule has 2 unspecified atom stereocenters. The molecule has 3 aromatic carbocycles. The molecule has 11 heteroatoms. The normalized spacial score (nSPS) is 15.9. The third kappa shape index (κ3) is 4.82. The van der Waals surface area contributed by atoms with Crippen LogP contribution >= 0.6 is 11.6 Å². The molecule has 1 aliphatic heterocycles. The SMILES string of the molecule is CC(c1ccc(Oc2ccc(C(=O)O)cc2)cc1Cl)C(O)(c1ccc2c(c1)N(C)C(=O)CO2)C(F)(F)F. The molecule has 1 amide bonds. The zero-order valence-electron chi connectivity index (χ0n) is 19.5. The van der Waals surface area contributed by atoms with Crippen LogP contribution in [0.2, 0.25) is 5.02 Å². The zero-order valence-corrected chi connectivity index (χ0v) is 20.3. The summed E-state index contributed by atoms with van der Waals surface area (Å²) in [4.78, 5) is 24.1. The van der Waals surface area contributed by atoms with E-state index in [-0.39, 0.29) is 39.9 Å². The van der Waals surface area contributed by atoms with Crippen molar-refractivity contribution in [2.24, 2.45) is 0 Å². The Morgan fingerprint density at radius 1 is 1.08 bits per heavy atom. The van der Waals surface area contributed by atoms with Crippen molar-refractivity contribution < 1.29 is 42.4 Å². The molecule has 3 aromatic rings. The van der Waals surface area contributed by atoms with Crippen molar-refractivity contribution in [3.8, 4) is 17.2 Å². The Morgan fingerprint density at radius 2 is 1.73 bits per heavy atom. The van der Waals surface area contributed by atoms with Crippen molar-refractivity contribution in [1.82, 2.24) is 0 Å². The number of likely N-dealkylation sites (N-methyl/N-ethyl adjacent to an activating group) is 1. The molecule has 0 bridgehead atoms. The number of hydrogen-bond donors (Lipinski definition) is 2. The first-order chi connectivity index (χ1) is 17.3. The smallest absolute Gasteiger partial charge is 0.422 e. The van der Waals surface area contributed by atoms with Crippen molar-refractivity contribution in [2.75, 3.05) is 18.6 Å². The third-order valence-corrected chi connectivity index (χ3v) is 6.65. The Morgan fingerprint density at radius 3 is 2.32 bits per heavy atom. The Hall–Kier alpha value is -3.76. The fourth-order valence-corrected chi connectivity index (χ4v) is 4.45. The van der Waals surface area contributed by atoms with Gasteiger partial charge in [-0.05, 0) is 59.7 Å². The van der Waals surface area contributed by atoms with Crippen LogP contribution in [-0.4, -0.2) is 41.9 Å². The van der Waals surface area contributed by atoms with E-state index >= 15 is 0 Å². The maximum Gasteiger partial charge on any atom is 0.422 e. The van der Waals surface area contributed by atoms with E-state index < -0.39 is 35.1 Å². The Bertz CT molecular complexity index is 1360. The van der Waals surface area contributed by atoms with E-state index in [1.54, 1.807) is 0 Å². The van der Waals surface area contributed by atoms with Gasteiger partial charge in [0, 0.05) is 18.0 Å². The minimum absolute atomic E-state index is 0.00784. The van der Waals surface area contributed by atoms with Crippen LogP contribution in [0.5, 0.6) is 17.2 Å².